The molecule has 0 radical (unpaired) electrons. The predicted octanol–water partition coefficient (Wildman–Crippen LogP) is 3.85. The standard InChI is InChI=1S/C23H19FN4O4S/c1-2-7-19-27-28-20(29)12-14(25-23(28)33-19)13-32-22(31)16-9-4-6-11-18(16)26-21(30)15-8-3-5-10-17(15)24/h3-6,8-12H,2,7,13H2,1H3,(H,26,30). The maximum atomic E-state index is 13.9. The third kappa shape index (κ3) is 4.96. The van der Waals surface area contributed by atoms with Crippen LogP contribution in [0.25, 0.3) is 4.96 Å². The molecule has 1 amide bonds. The second-order valence-electron chi connectivity index (χ2n) is 7.08. The smallest absolute Gasteiger partial charge is 0.340 e. The first-order valence-electron chi connectivity index (χ1n) is 10.2. The van der Waals surface area contributed by atoms with Gasteiger partial charge in [-0.1, -0.05) is 42.5 Å². The van der Waals surface area contributed by atoms with Crippen LogP contribution in [0.2, 0.25) is 0 Å². The molecule has 0 aliphatic rings. The largest absolute Gasteiger partial charge is 0.456 e. The maximum absolute atomic E-state index is 13.9. The number of aryl methyl sites for hydroxylation is 1. The second-order valence-corrected chi connectivity index (χ2v) is 8.12. The zero-order valence-corrected chi connectivity index (χ0v) is 18.4. The summed E-state index contributed by atoms with van der Waals surface area (Å²) in [5.41, 5.74) is 0.0367. The molecule has 0 spiro atoms. The zero-order chi connectivity index (χ0) is 23.4. The number of hydrogen-bond donors (Lipinski definition) is 1. The molecule has 10 heteroatoms. The molecule has 4 rings (SSSR count). The molecule has 0 bridgehead atoms. The minimum absolute atomic E-state index is 0.0861. The number of hydrogen-bond acceptors (Lipinski definition) is 7. The highest BCUT2D eigenvalue weighted by Gasteiger charge is 2.18. The van der Waals surface area contributed by atoms with E-state index in [1.165, 1.54) is 52.3 Å². The zero-order valence-electron chi connectivity index (χ0n) is 17.6. The van der Waals surface area contributed by atoms with Crippen LogP contribution < -0.4 is 10.9 Å². The molecule has 2 heterocycles. The van der Waals surface area contributed by atoms with Crippen molar-refractivity contribution >= 4 is 33.9 Å². The van der Waals surface area contributed by atoms with Gasteiger partial charge in [0.05, 0.1) is 22.5 Å². The summed E-state index contributed by atoms with van der Waals surface area (Å²) < 4.78 is 20.5. The number of carbonyl (C=O) groups is 2. The van der Waals surface area contributed by atoms with E-state index in [-0.39, 0.29) is 34.7 Å². The quantitative estimate of drug-likeness (QED) is 0.415. The minimum atomic E-state index is -0.725. The monoisotopic (exact) mass is 466 g/mol. The number of nitrogens with zero attached hydrogens (tertiary/aromatic N) is 3. The van der Waals surface area contributed by atoms with Crippen molar-refractivity contribution in [2.24, 2.45) is 0 Å². The van der Waals surface area contributed by atoms with Crippen molar-refractivity contribution < 1.29 is 18.7 Å². The summed E-state index contributed by atoms with van der Waals surface area (Å²) in [6, 6.07) is 13.0. The Labute approximate surface area is 191 Å². The van der Waals surface area contributed by atoms with E-state index in [4.69, 9.17) is 4.74 Å². The van der Waals surface area contributed by atoms with E-state index < -0.39 is 17.7 Å². The van der Waals surface area contributed by atoms with Crippen molar-refractivity contribution in [1.29, 1.82) is 0 Å². The third-order valence-electron chi connectivity index (χ3n) is 4.67. The Morgan fingerprint density at radius 3 is 2.61 bits per heavy atom. The second kappa shape index (κ2) is 9.70. The van der Waals surface area contributed by atoms with Gasteiger partial charge in [-0.2, -0.15) is 9.61 Å². The van der Waals surface area contributed by atoms with Crippen molar-refractivity contribution in [3.63, 3.8) is 0 Å². The van der Waals surface area contributed by atoms with Gasteiger partial charge >= 0.3 is 5.97 Å². The maximum Gasteiger partial charge on any atom is 0.340 e. The molecule has 0 fully saturated rings. The molecule has 0 unspecified atom stereocenters. The topological polar surface area (TPSA) is 103 Å². The highest BCUT2D eigenvalue weighted by molar-refractivity contribution is 7.16. The Morgan fingerprint density at radius 2 is 1.85 bits per heavy atom. The number of esters is 1. The molecule has 0 atom stereocenters. The van der Waals surface area contributed by atoms with E-state index in [2.05, 4.69) is 15.4 Å². The molecule has 0 aliphatic heterocycles. The van der Waals surface area contributed by atoms with Crippen LogP contribution in [0.3, 0.4) is 0 Å². The number of amides is 1. The van der Waals surface area contributed by atoms with Crippen molar-refractivity contribution in [2.75, 3.05) is 5.32 Å². The molecule has 0 aliphatic carbocycles. The number of fused-ring (bicyclic) bond motifs is 1. The van der Waals surface area contributed by atoms with Crippen molar-refractivity contribution in [1.82, 2.24) is 14.6 Å². The van der Waals surface area contributed by atoms with Gasteiger partial charge in [-0.15, -0.1) is 0 Å². The van der Waals surface area contributed by atoms with Crippen molar-refractivity contribution in [2.45, 2.75) is 26.4 Å². The number of nitrogens with one attached hydrogen (secondary N) is 1. The minimum Gasteiger partial charge on any atom is -0.456 e. The highest BCUT2D eigenvalue weighted by atomic mass is 32.1. The molecule has 4 aromatic rings. The summed E-state index contributed by atoms with van der Waals surface area (Å²) >= 11 is 1.31. The first-order valence-corrected chi connectivity index (χ1v) is 11.0. The first-order chi connectivity index (χ1) is 16.0. The average molecular weight is 466 g/mol. The molecule has 1 N–H and O–H groups in total. The number of carbonyl (C=O) groups excluding carboxylic acids is 2. The van der Waals surface area contributed by atoms with Crippen LogP contribution >= 0.6 is 11.3 Å². The van der Waals surface area contributed by atoms with E-state index in [0.29, 0.717) is 4.96 Å². The number of rotatable bonds is 7. The Kier molecular flexibility index (Phi) is 6.55. The number of anilines is 1. The van der Waals surface area contributed by atoms with Gasteiger partial charge in [-0.05, 0) is 30.7 Å². The number of benzene rings is 2. The van der Waals surface area contributed by atoms with Gasteiger partial charge in [-0.3, -0.25) is 9.59 Å². The van der Waals surface area contributed by atoms with Crippen LogP contribution in [0.1, 0.15) is 44.8 Å². The predicted molar refractivity (Wildman–Crippen MR) is 121 cm³/mol. The lowest BCUT2D eigenvalue weighted by Gasteiger charge is -2.11. The van der Waals surface area contributed by atoms with Gasteiger partial charge in [0.1, 0.15) is 17.4 Å². The van der Waals surface area contributed by atoms with E-state index in [9.17, 15) is 18.8 Å². The number of halogens is 1. The molecule has 2 aromatic heterocycles. The van der Waals surface area contributed by atoms with Crippen molar-refractivity contribution in [3.05, 3.63) is 92.6 Å². The van der Waals surface area contributed by atoms with Gasteiger partial charge in [0.2, 0.25) is 4.96 Å². The first kappa shape index (κ1) is 22.3. The van der Waals surface area contributed by atoms with E-state index in [1.807, 2.05) is 6.92 Å². The molecule has 0 saturated heterocycles. The van der Waals surface area contributed by atoms with Gasteiger partial charge < -0.3 is 10.1 Å². The fourth-order valence-electron chi connectivity index (χ4n) is 3.11. The van der Waals surface area contributed by atoms with E-state index >= 15 is 0 Å². The third-order valence-corrected chi connectivity index (χ3v) is 5.64. The van der Waals surface area contributed by atoms with Crippen LogP contribution in [0.4, 0.5) is 10.1 Å². The van der Waals surface area contributed by atoms with E-state index in [0.717, 1.165) is 17.8 Å². The molecular formula is C23H19FN4O4S. The van der Waals surface area contributed by atoms with Gasteiger partial charge in [-0.25, -0.2) is 14.2 Å². The van der Waals surface area contributed by atoms with Gasteiger partial charge in [0.15, 0.2) is 0 Å². The summed E-state index contributed by atoms with van der Waals surface area (Å²) in [6.45, 7) is 1.78. The number of aromatic nitrogens is 3. The molecule has 168 valence electrons. The summed E-state index contributed by atoms with van der Waals surface area (Å²) in [4.78, 5) is 42.2. The average Bonchev–Trinajstić information content (AvgIpc) is 3.21. The Bertz CT molecular complexity index is 1400. The summed E-state index contributed by atoms with van der Waals surface area (Å²) in [5.74, 6) is -2.09. The van der Waals surface area contributed by atoms with Crippen LogP contribution in [0, 0.1) is 5.82 Å². The van der Waals surface area contributed by atoms with Crippen molar-refractivity contribution in [3.8, 4) is 0 Å². The number of para-hydroxylation sites is 1. The molecule has 33 heavy (non-hydrogen) atoms. The van der Waals surface area contributed by atoms with Crippen LogP contribution in [-0.2, 0) is 17.8 Å². The summed E-state index contributed by atoms with van der Waals surface area (Å²) in [7, 11) is 0. The number of ether oxygens (including phenoxy) is 1. The lowest BCUT2D eigenvalue weighted by Crippen LogP contribution is -2.18. The highest BCUT2D eigenvalue weighted by Crippen LogP contribution is 2.19. The lowest BCUT2D eigenvalue weighted by atomic mass is 10.1. The van der Waals surface area contributed by atoms with Gasteiger partial charge in [0.25, 0.3) is 11.5 Å². The fourth-order valence-corrected chi connectivity index (χ4v) is 4.13. The Balaban J connectivity index is 1.50. The SMILES string of the molecule is CCCc1nn2c(=O)cc(COC(=O)c3ccccc3NC(=O)c3ccccc3F)nc2s1. The molecule has 2 aromatic carbocycles. The summed E-state index contributed by atoms with van der Waals surface area (Å²) in [6.07, 6.45) is 1.64. The van der Waals surface area contributed by atoms with Crippen LogP contribution in [-0.4, -0.2) is 26.5 Å². The Morgan fingerprint density at radius 1 is 1.12 bits per heavy atom. The van der Waals surface area contributed by atoms with Gasteiger partial charge in [0, 0.05) is 12.5 Å². The van der Waals surface area contributed by atoms with Crippen LogP contribution in [0.5, 0.6) is 0 Å². The molecular weight excluding hydrogens is 447 g/mol. The Hall–Kier alpha value is -3.92. The molecule has 0 saturated carbocycles. The molecule has 8 nitrogen and oxygen atoms in total. The van der Waals surface area contributed by atoms with E-state index in [1.54, 1.807) is 18.2 Å². The fraction of sp³-hybridized carbons (Fsp3) is 0.174. The normalized spacial score (nSPS) is 10.8. The van der Waals surface area contributed by atoms with Crippen LogP contribution in [0.15, 0.2) is 59.4 Å². The summed E-state index contributed by atoms with van der Waals surface area (Å²) in [5, 5.41) is 7.58. The lowest BCUT2D eigenvalue weighted by molar-refractivity contribution is 0.0469.